The van der Waals surface area contributed by atoms with E-state index in [1.54, 1.807) is 24.9 Å². The molecule has 0 bridgehead atoms. The Morgan fingerprint density at radius 3 is 2.80 bits per heavy atom. The minimum absolute atomic E-state index is 0.215. The fourth-order valence-corrected chi connectivity index (χ4v) is 2.09. The topological polar surface area (TPSA) is 55.5 Å². The first-order chi connectivity index (χ1) is 7.15. The molecular formula is C11H17NO2S. The van der Waals surface area contributed by atoms with Gasteiger partial charge >= 0.3 is 0 Å². The van der Waals surface area contributed by atoms with Crippen LogP contribution in [0.1, 0.15) is 6.92 Å². The van der Waals surface area contributed by atoms with E-state index >= 15 is 0 Å². The van der Waals surface area contributed by atoms with Crippen LogP contribution in [-0.2, 0) is 0 Å². The number of methoxy groups -OCH3 is 1. The summed E-state index contributed by atoms with van der Waals surface area (Å²) >= 11 is 1.68. The predicted octanol–water partition coefficient (Wildman–Crippen LogP) is 2.00. The number of nitrogens with two attached hydrogens (primary N) is 1. The van der Waals surface area contributed by atoms with Crippen molar-refractivity contribution < 1.29 is 9.84 Å². The zero-order valence-electron chi connectivity index (χ0n) is 9.06. The van der Waals surface area contributed by atoms with E-state index in [1.807, 2.05) is 19.1 Å². The van der Waals surface area contributed by atoms with E-state index in [2.05, 4.69) is 0 Å². The number of anilines is 1. The van der Waals surface area contributed by atoms with Crippen LogP contribution in [0, 0.1) is 5.92 Å². The Balaban J connectivity index is 2.64. The molecule has 0 spiro atoms. The molecular weight excluding hydrogens is 210 g/mol. The molecule has 84 valence electrons. The maximum atomic E-state index is 8.91. The molecule has 0 saturated heterocycles. The molecule has 4 heteroatoms. The number of ether oxygens (including phenoxy) is 1. The van der Waals surface area contributed by atoms with Crippen molar-refractivity contribution in [2.75, 3.05) is 25.2 Å². The molecule has 0 aliphatic carbocycles. The van der Waals surface area contributed by atoms with Crippen LogP contribution in [0.3, 0.4) is 0 Å². The molecule has 15 heavy (non-hydrogen) atoms. The second kappa shape index (κ2) is 5.88. The van der Waals surface area contributed by atoms with Crippen molar-refractivity contribution in [2.24, 2.45) is 5.92 Å². The molecule has 0 radical (unpaired) electrons. The SMILES string of the molecule is COc1cc(N)cc(SCC(C)CO)c1. The summed E-state index contributed by atoms with van der Waals surface area (Å²) in [5.74, 6) is 1.94. The Kier molecular flexibility index (Phi) is 4.78. The van der Waals surface area contributed by atoms with Crippen LogP contribution in [0.5, 0.6) is 5.75 Å². The summed E-state index contributed by atoms with van der Waals surface area (Å²) in [6.07, 6.45) is 0. The van der Waals surface area contributed by atoms with Crippen molar-refractivity contribution in [2.45, 2.75) is 11.8 Å². The number of aliphatic hydroxyl groups excluding tert-OH is 1. The van der Waals surface area contributed by atoms with Gasteiger partial charge in [0.2, 0.25) is 0 Å². The Morgan fingerprint density at radius 2 is 2.20 bits per heavy atom. The van der Waals surface area contributed by atoms with Gasteiger partial charge < -0.3 is 15.6 Å². The summed E-state index contributed by atoms with van der Waals surface area (Å²) in [4.78, 5) is 1.08. The molecule has 1 unspecified atom stereocenters. The van der Waals surface area contributed by atoms with Gasteiger partial charge in [0.05, 0.1) is 7.11 Å². The van der Waals surface area contributed by atoms with Gasteiger partial charge in [-0.2, -0.15) is 0 Å². The van der Waals surface area contributed by atoms with Crippen molar-refractivity contribution >= 4 is 17.4 Å². The third-order valence-electron chi connectivity index (χ3n) is 1.98. The van der Waals surface area contributed by atoms with E-state index < -0.39 is 0 Å². The summed E-state index contributed by atoms with van der Waals surface area (Å²) in [7, 11) is 1.62. The quantitative estimate of drug-likeness (QED) is 0.596. The number of hydrogen-bond donors (Lipinski definition) is 2. The van der Waals surface area contributed by atoms with Crippen LogP contribution in [0.2, 0.25) is 0 Å². The van der Waals surface area contributed by atoms with Crippen LogP contribution in [0.15, 0.2) is 23.1 Å². The molecule has 1 rings (SSSR count). The molecule has 1 aromatic rings. The first kappa shape index (κ1) is 12.2. The van der Waals surface area contributed by atoms with E-state index in [1.165, 1.54) is 0 Å². The van der Waals surface area contributed by atoms with Gasteiger partial charge in [-0.05, 0) is 18.1 Å². The number of benzene rings is 1. The van der Waals surface area contributed by atoms with E-state index in [0.717, 1.165) is 16.4 Å². The maximum absolute atomic E-state index is 8.91. The highest BCUT2D eigenvalue weighted by atomic mass is 32.2. The number of hydrogen-bond acceptors (Lipinski definition) is 4. The third-order valence-corrected chi connectivity index (χ3v) is 3.29. The van der Waals surface area contributed by atoms with Gasteiger partial charge in [-0.1, -0.05) is 6.92 Å². The van der Waals surface area contributed by atoms with Crippen LogP contribution in [-0.4, -0.2) is 24.6 Å². The van der Waals surface area contributed by atoms with Crippen molar-refractivity contribution in [3.05, 3.63) is 18.2 Å². The van der Waals surface area contributed by atoms with E-state index in [4.69, 9.17) is 15.6 Å². The first-order valence-electron chi connectivity index (χ1n) is 4.84. The summed E-state index contributed by atoms with van der Waals surface area (Å²) in [5.41, 5.74) is 6.43. The number of aliphatic hydroxyl groups is 1. The lowest BCUT2D eigenvalue weighted by atomic mass is 10.2. The third kappa shape index (κ3) is 4.01. The molecule has 0 fully saturated rings. The smallest absolute Gasteiger partial charge is 0.122 e. The monoisotopic (exact) mass is 227 g/mol. The molecule has 0 aromatic heterocycles. The van der Waals surface area contributed by atoms with Gasteiger partial charge in [0.1, 0.15) is 5.75 Å². The largest absolute Gasteiger partial charge is 0.497 e. The van der Waals surface area contributed by atoms with Crippen LogP contribution < -0.4 is 10.5 Å². The Labute approximate surface area is 94.6 Å². The standard InChI is InChI=1S/C11H17NO2S/c1-8(6-13)7-15-11-4-9(12)3-10(5-11)14-2/h3-5,8,13H,6-7,12H2,1-2H3. The summed E-state index contributed by atoms with van der Waals surface area (Å²) in [6, 6.07) is 5.65. The Hall–Kier alpha value is -0.870. The molecule has 0 saturated carbocycles. The minimum Gasteiger partial charge on any atom is -0.497 e. The van der Waals surface area contributed by atoms with Crippen molar-refractivity contribution in [1.29, 1.82) is 0 Å². The Bertz CT molecular complexity index is 317. The van der Waals surface area contributed by atoms with Crippen molar-refractivity contribution in [3.8, 4) is 5.75 Å². The van der Waals surface area contributed by atoms with Crippen molar-refractivity contribution in [1.82, 2.24) is 0 Å². The molecule has 3 N–H and O–H groups in total. The summed E-state index contributed by atoms with van der Waals surface area (Å²) in [6.45, 7) is 2.23. The zero-order valence-corrected chi connectivity index (χ0v) is 9.88. The van der Waals surface area contributed by atoms with E-state index in [0.29, 0.717) is 11.6 Å². The second-order valence-corrected chi connectivity index (χ2v) is 4.63. The second-order valence-electron chi connectivity index (χ2n) is 3.54. The first-order valence-corrected chi connectivity index (χ1v) is 5.82. The number of rotatable bonds is 5. The Morgan fingerprint density at radius 1 is 1.47 bits per heavy atom. The van der Waals surface area contributed by atoms with Gasteiger partial charge in [-0.25, -0.2) is 0 Å². The fraction of sp³-hybridized carbons (Fsp3) is 0.455. The van der Waals surface area contributed by atoms with Gasteiger partial charge in [-0.3, -0.25) is 0 Å². The molecule has 3 nitrogen and oxygen atoms in total. The summed E-state index contributed by atoms with van der Waals surface area (Å²) in [5, 5.41) is 8.91. The minimum atomic E-state index is 0.215. The van der Waals surface area contributed by atoms with Crippen LogP contribution in [0.25, 0.3) is 0 Å². The average molecular weight is 227 g/mol. The number of nitrogen functional groups attached to an aromatic ring is 1. The molecule has 1 atom stereocenters. The van der Waals surface area contributed by atoms with Gasteiger partial charge in [0, 0.05) is 29.0 Å². The average Bonchev–Trinajstić information content (AvgIpc) is 2.25. The van der Waals surface area contributed by atoms with Crippen molar-refractivity contribution in [3.63, 3.8) is 0 Å². The molecule has 1 aromatic carbocycles. The molecule has 0 aliphatic rings. The van der Waals surface area contributed by atoms with Gasteiger partial charge in [-0.15, -0.1) is 11.8 Å². The molecule has 0 amide bonds. The van der Waals surface area contributed by atoms with Crippen LogP contribution in [0.4, 0.5) is 5.69 Å². The van der Waals surface area contributed by atoms with Crippen LogP contribution >= 0.6 is 11.8 Å². The highest BCUT2D eigenvalue weighted by molar-refractivity contribution is 7.99. The normalized spacial score (nSPS) is 12.5. The maximum Gasteiger partial charge on any atom is 0.122 e. The predicted molar refractivity (Wildman–Crippen MR) is 64.4 cm³/mol. The lowest BCUT2D eigenvalue weighted by Gasteiger charge is -2.09. The lowest BCUT2D eigenvalue weighted by Crippen LogP contribution is -2.03. The number of thioether (sulfide) groups is 1. The van der Waals surface area contributed by atoms with Gasteiger partial charge in [0.25, 0.3) is 0 Å². The van der Waals surface area contributed by atoms with E-state index in [9.17, 15) is 0 Å². The highest BCUT2D eigenvalue weighted by Crippen LogP contribution is 2.27. The van der Waals surface area contributed by atoms with Gasteiger partial charge in [0.15, 0.2) is 0 Å². The molecule has 0 heterocycles. The van der Waals surface area contributed by atoms with E-state index in [-0.39, 0.29) is 6.61 Å². The summed E-state index contributed by atoms with van der Waals surface area (Å²) < 4.78 is 5.13. The zero-order chi connectivity index (χ0) is 11.3. The molecule has 0 aliphatic heterocycles. The fourth-order valence-electron chi connectivity index (χ4n) is 1.09. The highest BCUT2D eigenvalue weighted by Gasteiger charge is 2.03. The lowest BCUT2D eigenvalue weighted by molar-refractivity contribution is 0.250.